The summed E-state index contributed by atoms with van der Waals surface area (Å²) in [5.74, 6) is 0.240. The van der Waals surface area contributed by atoms with Crippen molar-refractivity contribution in [2.45, 2.75) is 6.42 Å². The highest BCUT2D eigenvalue weighted by Crippen LogP contribution is 2.13. The lowest BCUT2D eigenvalue weighted by Gasteiger charge is -2.07. The van der Waals surface area contributed by atoms with Gasteiger partial charge in [-0.05, 0) is 6.42 Å². The zero-order chi connectivity index (χ0) is 6.69. The Hall–Kier alpha value is -0.0800. The number of carbonyl (C=O) groups is 1. The van der Waals surface area contributed by atoms with Gasteiger partial charge in [0.25, 0.3) is 0 Å². The second-order valence-electron chi connectivity index (χ2n) is 2.38. The van der Waals surface area contributed by atoms with E-state index in [1.807, 2.05) is 0 Å². The predicted octanol–water partition coefficient (Wildman–Crippen LogP) is 0.704. The lowest BCUT2D eigenvalue weighted by molar-refractivity contribution is -0.110. The van der Waals surface area contributed by atoms with Crippen LogP contribution in [0.3, 0.4) is 0 Å². The molecule has 52 valence electrons. The Labute approximate surface area is 59.8 Å². The number of rotatable bonds is 2. The van der Waals surface area contributed by atoms with Crippen LogP contribution in [0.25, 0.3) is 0 Å². The second kappa shape index (κ2) is 3.18. The normalized spacial score (nSPS) is 28.8. The maximum Gasteiger partial charge on any atom is 0.124 e. The van der Waals surface area contributed by atoms with Crippen LogP contribution in [0.15, 0.2) is 0 Å². The summed E-state index contributed by atoms with van der Waals surface area (Å²) in [6.07, 6.45) is 2.00. The highest BCUT2D eigenvalue weighted by molar-refractivity contribution is 6.17. The first kappa shape index (κ1) is 7.03. The zero-order valence-corrected chi connectivity index (χ0v) is 5.97. The van der Waals surface area contributed by atoms with E-state index in [-0.39, 0.29) is 5.92 Å². The number of aldehydes is 1. The Morgan fingerprint density at radius 2 is 2.56 bits per heavy atom. The van der Waals surface area contributed by atoms with E-state index >= 15 is 0 Å². The minimum absolute atomic E-state index is 0.240. The molecule has 0 aromatic heterocycles. The number of nitrogens with zero attached hydrogens (tertiary/aromatic N) is 1. The lowest BCUT2D eigenvalue weighted by Crippen LogP contribution is -2.18. The van der Waals surface area contributed by atoms with Crippen molar-refractivity contribution < 1.29 is 4.79 Å². The van der Waals surface area contributed by atoms with Gasteiger partial charge >= 0.3 is 0 Å². The fourth-order valence-electron chi connectivity index (χ4n) is 1.08. The summed E-state index contributed by atoms with van der Waals surface area (Å²) in [5.41, 5.74) is 0. The summed E-state index contributed by atoms with van der Waals surface area (Å²) < 4.78 is 0. The van der Waals surface area contributed by atoms with Crippen molar-refractivity contribution in [3.8, 4) is 0 Å². The van der Waals surface area contributed by atoms with Crippen molar-refractivity contribution in [3.05, 3.63) is 0 Å². The minimum Gasteiger partial charge on any atom is -0.303 e. The molecule has 0 bridgehead atoms. The molecule has 0 aromatic carbocycles. The molecule has 0 radical (unpaired) electrons. The molecule has 1 aliphatic heterocycles. The first-order chi connectivity index (χ1) is 4.36. The third-order valence-corrected chi connectivity index (χ3v) is 2.01. The molecular formula is C6H10ClNO. The Balaban J connectivity index is 2.28. The van der Waals surface area contributed by atoms with Crippen molar-refractivity contribution in [1.29, 1.82) is 0 Å². The summed E-state index contributed by atoms with van der Waals surface area (Å²) >= 11 is 5.54. The highest BCUT2D eigenvalue weighted by Gasteiger charge is 2.20. The molecule has 0 aliphatic carbocycles. The van der Waals surface area contributed by atoms with Crippen molar-refractivity contribution in [2.24, 2.45) is 5.92 Å². The Kier molecular flexibility index (Phi) is 2.49. The summed E-state index contributed by atoms with van der Waals surface area (Å²) in [6, 6.07) is 0.560. The van der Waals surface area contributed by atoms with Gasteiger partial charge in [-0.25, -0.2) is 0 Å². The van der Waals surface area contributed by atoms with Gasteiger partial charge in [0.05, 0.1) is 6.00 Å². The van der Waals surface area contributed by atoms with Crippen molar-refractivity contribution in [2.75, 3.05) is 19.1 Å². The third-order valence-electron chi connectivity index (χ3n) is 1.67. The Morgan fingerprint density at radius 1 is 1.78 bits per heavy atom. The van der Waals surface area contributed by atoms with Crippen molar-refractivity contribution >= 4 is 17.9 Å². The molecule has 9 heavy (non-hydrogen) atoms. The molecule has 1 saturated heterocycles. The number of alkyl halides is 1. The molecule has 1 atom stereocenters. The maximum absolute atomic E-state index is 10.2. The topological polar surface area (TPSA) is 20.3 Å². The van der Waals surface area contributed by atoms with Gasteiger partial charge in [-0.3, -0.25) is 4.90 Å². The first-order valence-electron chi connectivity index (χ1n) is 3.10. The van der Waals surface area contributed by atoms with Crippen molar-refractivity contribution in [3.63, 3.8) is 0 Å². The standard InChI is InChI=1S/C6H10ClNO/c7-5-8-2-1-6(3-8)4-9/h4,6H,1-3,5H2. The van der Waals surface area contributed by atoms with Crippen LogP contribution in [0.2, 0.25) is 0 Å². The molecule has 2 nitrogen and oxygen atoms in total. The van der Waals surface area contributed by atoms with Gasteiger partial charge in [-0.1, -0.05) is 0 Å². The molecule has 0 aromatic rings. The largest absolute Gasteiger partial charge is 0.303 e. The maximum atomic E-state index is 10.2. The molecule has 0 amide bonds. The average molecular weight is 148 g/mol. The molecule has 0 N–H and O–H groups in total. The fourth-order valence-corrected chi connectivity index (χ4v) is 1.30. The molecule has 1 unspecified atom stereocenters. The first-order valence-corrected chi connectivity index (χ1v) is 3.64. The van der Waals surface area contributed by atoms with Gasteiger partial charge < -0.3 is 4.79 Å². The third kappa shape index (κ3) is 1.66. The molecule has 0 spiro atoms. The quantitative estimate of drug-likeness (QED) is 0.326. The van der Waals surface area contributed by atoms with Crippen LogP contribution in [0.1, 0.15) is 6.42 Å². The van der Waals surface area contributed by atoms with E-state index in [0.717, 1.165) is 25.8 Å². The van der Waals surface area contributed by atoms with Crippen LogP contribution < -0.4 is 0 Å². The smallest absolute Gasteiger partial charge is 0.124 e. The van der Waals surface area contributed by atoms with E-state index in [4.69, 9.17) is 11.6 Å². The fraction of sp³-hybridized carbons (Fsp3) is 0.833. The monoisotopic (exact) mass is 147 g/mol. The van der Waals surface area contributed by atoms with Gasteiger partial charge in [0.2, 0.25) is 0 Å². The van der Waals surface area contributed by atoms with E-state index in [2.05, 4.69) is 4.90 Å². The van der Waals surface area contributed by atoms with E-state index < -0.39 is 0 Å². The Morgan fingerprint density at radius 3 is 2.89 bits per heavy atom. The number of likely N-dealkylation sites (tertiary alicyclic amines) is 1. The second-order valence-corrected chi connectivity index (χ2v) is 2.62. The number of hydrogen-bond donors (Lipinski definition) is 0. The lowest BCUT2D eigenvalue weighted by atomic mass is 10.1. The zero-order valence-electron chi connectivity index (χ0n) is 5.22. The summed E-state index contributed by atoms with van der Waals surface area (Å²) in [5, 5.41) is 0. The average Bonchev–Trinajstić information content (AvgIpc) is 2.34. The SMILES string of the molecule is O=CC1CCN(CCl)C1. The van der Waals surface area contributed by atoms with E-state index in [1.54, 1.807) is 0 Å². The van der Waals surface area contributed by atoms with Gasteiger partial charge in [0.1, 0.15) is 6.29 Å². The highest BCUT2D eigenvalue weighted by atomic mass is 35.5. The van der Waals surface area contributed by atoms with E-state index in [1.165, 1.54) is 0 Å². The van der Waals surface area contributed by atoms with Crippen LogP contribution >= 0.6 is 11.6 Å². The molecule has 1 rings (SSSR count). The van der Waals surface area contributed by atoms with Crippen LogP contribution in [-0.4, -0.2) is 30.3 Å². The van der Waals surface area contributed by atoms with Gasteiger partial charge in [-0.2, -0.15) is 0 Å². The summed E-state index contributed by atoms with van der Waals surface area (Å²) in [4.78, 5) is 12.3. The van der Waals surface area contributed by atoms with Crippen molar-refractivity contribution in [1.82, 2.24) is 4.90 Å². The minimum atomic E-state index is 0.240. The van der Waals surface area contributed by atoms with Gasteiger partial charge in [0, 0.05) is 19.0 Å². The van der Waals surface area contributed by atoms with Gasteiger partial charge in [-0.15, -0.1) is 11.6 Å². The van der Waals surface area contributed by atoms with Gasteiger partial charge in [0.15, 0.2) is 0 Å². The molecular weight excluding hydrogens is 138 g/mol. The number of carbonyl (C=O) groups excluding carboxylic acids is 1. The van der Waals surface area contributed by atoms with Crippen LogP contribution in [0, 0.1) is 5.92 Å². The number of halogens is 1. The molecule has 0 saturated carbocycles. The molecule has 1 aliphatic rings. The summed E-state index contributed by atoms with van der Waals surface area (Å²) in [6.45, 7) is 1.83. The van der Waals surface area contributed by atoms with E-state index in [9.17, 15) is 4.79 Å². The molecule has 1 fully saturated rings. The predicted molar refractivity (Wildman–Crippen MR) is 36.5 cm³/mol. The van der Waals surface area contributed by atoms with Crippen LogP contribution in [-0.2, 0) is 4.79 Å². The molecule has 1 heterocycles. The number of hydrogen-bond acceptors (Lipinski definition) is 2. The Bertz CT molecular complexity index is 107. The van der Waals surface area contributed by atoms with E-state index in [0.29, 0.717) is 6.00 Å². The van der Waals surface area contributed by atoms with Crippen LogP contribution in [0.5, 0.6) is 0 Å². The van der Waals surface area contributed by atoms with Crippen LogP contribution in [0.4, 0.5) is 0 Å². The summed E-state index contributed by atoms with van der Waals surface area (Å²) in [7, 11) is 0. The molecule has 3 heteroatoms.